The number of carbonyl (C=O) groups is 4. The van der Waals surface area contributed by atoms with E-state index in [0.717, 1.165) is 12.4 Å². The van der Waals surface area contributed by atoms with Crippen molar-refractivity contribution >= 4 is 35.3 Å². The third kappa shape index (κ3) is 8.13. The number of para-hydroxylation sites is 2. The molecule has 0 saturated carbocycles. The van der Waals surface area contributed by atoms with E-state index in [1.54, 1.807) is 52.0 Å². The fourth-order valence-electron chi connectivity index (χ4n) is 2.27. The molecule has 0 aromatic heterocycles. The second-order valence-corrected chi connectivity index (χ2v) is 5.83. The number of hydrogen-bond acceptors (Lipinski definition) is 10. The number of benzene rings is 1. The molecule has 0 aliphatic carbocycles. The third-order valence-corrected chi connectivity index (χ3v) is 3.65. The van der Waals surface area contributed by atoms with Crippen LogP contribution in [0.4, 0.5) is 11.4 Å². The molecule has 0 amide bonds. The Hall–Kier alpha value is -3.82. The van der Waals surface area contributed by atoms with Gasteiger partial charge in [0.2, 0.25) is 0 Å². The van der Waals surface area contributed by atoms with Crippen molar-refractivity contribution in [3.05, 3.63) is 47.8 Å². The summed E-state index contributed by atoms with van der Waals surface area (Å²) in [6.45, 7) is 6.81. The molecule has 0 spiro atoms. The van der Waals surface area contributed by atoms with Crippen molar-refractivity contribution in [2.24, 2.45) is 0 Å². The molecule has 0 atom stereocenters. The summed E-state index contributed by atoms with van der Waals surface area (Å²) in [6.07, 6.45) is 2.33. The van der Waals surface area contributed by atoms with Gasteiger partial charge in [-0.15, -0.1) is 0 Å². The first-order chi connectivity index (χ1) is 15.4. The maximum Gasteiger partial charge on any atom is 0.347 e. The molecule has 10 heteroatoms. The van der Waals surface area contributed by atoms with Crippen LogP contribution in [0.2, 0.25) is 0 Å². The van der Waals surface area contributed by atoms with Gasteiger partial charge >= 0.3 is 23.9 Å². The number of anilines is 2. The van der Waals surface area contributed by atoms with Crippen molar-refractivity contribution in [2.75, 3.05) is 37.1 Å². The van der Waals surface area contributed by atoms with Gasteiger partial charge in [0.05, 0.1) is 37.8 Å². The Morgan fingerprint density at radius 2 is 0.906 bits per heavy atom. The first-order valence-electron chi connectivity index (χ1n) is 10.1. The molecule has 32 heavy (non-hydrogen) atoms. The number of rotatable bonds is 12. The molecular formula is C22H28N2O8. The standard InChI is InChI=1S/C22H28N2O8/c1-5-29-19(25)15(20(26)30-6-2)13-23-17-11-9-10-12-18(17)24-14-16(21(27)31-7-3)22(28)32-8-4/h9-14,23-24H,5-8H2,1-4H3. The summed E-state index contributed by atoms with van der Waals surface area (Å²) in [5.41, 5.74) is 0.222. The second kappa shape index (κ2) is 14.2. The molecule has 1 rings (SSSR count). The molecule has 1 aromatic rings. The van der Waals surface area contributed by atoms with Crippen LogP contribution in [0.25, 0.3) is 0 Å². The van der Waals surface area contributed by atoms with Gasteiger partial charge in [-0.2, -0.15) is 0 Å². The zero-order valence-corrected chi connectivity index (χ0v) is 18.6. The highest BCUT2D eigenvalue weighted by Gasteiger charge is 2.22. The molecule has 0 aliphatic rings. The van der Waals surface area contributed by atoms with Gasteiger partial charge in [-0.25, -0.2) is 19.2 Å². The van der Waals surface area contributed by atoms with Gasteiger partial charge < -0.3 is 29.6 Å². The normalized spacial score (nSPS) is 9.62. The van der Waals surface area contributed by atoms with Crippen molar-refractivity contribution < 1.29 is 38.1 Å². The summed E-state index contributed by atoms with van der Waals surface area (Å²) in [6, 6.07) is 6.71. The highest BCUT2D eigenvalue weighted by atomic mass is 16.6. The predicted molar refractivity (Wildman–Crippen MR) is 116 cm³/mol. The molecule has 0 unspecified atom stereocenters. The van der Waals surface area contributed by atoms with Crippen molar-refractivity contribution in [1.29, 1.82) is 0 Å². The minimum absolute atomic E-state index is 0.0863. The van der Waals surface area contributed by atoms with Gasteiger partial charge in [-0.1, -0.05) is 12.1 Å². The molecule has 0 fully saturated rings. The lowest BCUT2D eigenvalue weighted by molar-refractivity contribution is -0.148. The fourth-order valence-corrected chi connectivity index (χ4v) is 2.27. The van der Waals surface area contributed by atoms with E-state index >= 15 is 0 Å². The Morgan fingerprint density at radius 1 is 0.625 bits per heavy atom. The molecule has 10 nitrogen and oxygen atoms in total. The van der Waals surface area contributed by atoms with Crippen LogP contribution in [0.15, 0.2) is 47.8 Å². The topological polar surface area (TPSA) is 129 Å². The van der Waals surface area contributed by atoms with E-state index in [2.05, 4.69) is 10.6 Å². The monoisotopic (exact) mass is 448 g/mol. The first-order valence-corrected chi connectivity index (χ1v) is 10.1. The summed E-state index contributed by atoms with van der Waals surface area (Å²) < 4.78 is 19.6. The molecule has 174 valence electrons. The highest BCUT2D eigenvalue weighted by Crippen LogP contribution is 2.22. The lowest BCUT2D eigenvalue weighted by Gasteiger charge is -2.12. The van der Waals surface area contributed by atoms with Gasteiger partial charge in [0.1, 0.15) is 0 Å². The van der Waals surface area contributed by atoms with Gasteiger partial charge in [0.15, 0.2) is 11.1 Å². The van der Waals surface area contributed by atoms with E-state index in [1.807, 2.05) is 0 Å². The molecule has 0 radical (unpaired) electrons. The third-order valence-electron chi connectivity index (χ3n) is 3.65. The smallest absolute Gasteiger partial charge is 0.347 e. The minimum Gasteiger partial charge on any atom is -0.462 e. The number of carbonyl (C=O) groups excluding carboxylic acids is 4. The van der Waals surface area contributed by atoms with Crippen LogP contribution >= 0.6 is 0 Å². The fraction of sp³-hybridized carbons (Fsp3) is 0.364. The first kappa shape index (κ1) is 26.2. The van der Waals surface area contributed by atoms with Crippen LogP contribution in [0.5, 0.6) is 0 Å². The zero-order valence-electron chi connectivity index (χ0n) is 18.6. The number of nitrogens with one attached hydrogen (secondary N) is 2. The van der Waals surface area contributed by atoms with E-state index < -0.39 is 23.9 Å². The van der Waals surface area contributed by atoms with E-state index in [-0.39, 0.29) is 37.6 Å². The van der Waals surface area contributed by atoms with Crippen LogP contribution in [-0.2, 0) is 38.1 Å². The molecule has 0 bridgehead atoms. The van der Waals surface area contributed by atoms with Gasteiger partial charge in [-0.05, 0) is 39.8 Å². The lowest BCUT2D eigenvalue weighted by atomic mass is 10.2. The average molecular weight is 448 g/mol. The Kier molecular flexibility index (Phi) is 11.7. The summed E-state index contributed by atoms with van der Waals surface area (Å²) in [4.78, 5) is 48.4. The second-order valence-electron chi connectivity index (χ2n) is 5.83. The SMILES string of the molecule is CCOC(=O)C(=CNc1ccccc1NC=C(C(=O)OCC)C(=O)OCC)C(=O)OCC. The average Bonchev–Trinajstić information content (AvgIpc) is 2.75. The van der Waals surface area contributed by atoms with E-state index in [4.69, 9.17) is 18.9 Å². The van der Waals surface area contributed by atoms with Crippen LogP contribution in [0.3, 0.4) is 0 Å². The van der Waals surface area contributed by atoms with Crippen LogP contribution in [-0.4, -0.2) is 50.3 Å². The Bertz CT molecular complexity index is 765. The molecule has 0 saturated heterocycles. The Labute approximate surface area is 186 Å². The Morgan fingerprint density at radius 3 is 1.16 bits per heavy atom. The van der Waals surface area contributed by atoms with Crippen LogP contribution in [0, 0.1) is 0 Å². The molecule has 0 heterocycles. The van der Waals surface area contributed by atoms with Crippen molar-refractivity contribution in [3.8, 4) is 0 Å². The molecule has 0 aliphatic heterocycles. The van der Waals surface area contributed by atoms with Crippen molar-refractivity contribution in [2.45, 2.75) is 27.7 Å². The Balaban J connectivity index is 3.19. The summed E-state index contributed by atoms with van der Waals surface area (Å²) in [7, 11) is 0. The predicted octanol–water partition coefficient (Wildman–Crippen LogP) is 2.53. The number of ether oxygens (including phenoxy) is 4. The van der Waals surface area contributed by atoms with Crippen LogP contribution < -0.4 is 10.6 Å². The zero-order chi connectivity index (χ0) is 23.9. The van der Waals surface area contributed by atoms with E-state index in [9.17, 15) is 19.2 Å². The number of hydrogen-bond donors (Lipinski definition) is 2. The van der Waals surface area contributed by atoms with Crippen molar-refractivity contribution in [1.82, 2.24) is 0 Å². The summed E-state index contributed by atoms with van der Waals surface area (Å²) in [5, 5.41) is 5.67. The lowest BCUT2D eigenvalue weighted by Crippen LogP contribution is -2.20. The molecular weight excluding hydrogens is 420 g/mol. The quantitative estimate of drug-likeness (QED) is 0.162. The highest BCUT2D eigenvalue weighted by molar-refractivity contribution is 6.15. The van der Waals surface area contributed by atoms with Crippen molar-refractivity contribution in [3.63, 3.8) is 0 Å². The number of esters is 4. The minimum atomic E-state index is -0.837. The largest absolute Gasteiger partial charge is 0.462 e. The molecule has 2 N–H and O–H groups in total. The van der Waals surface area contributed by atoms with Gasteiger partial charge in [0.25, 0.3) is 0 Å². The summed E-state index contributed by atoms with van der Waals surface area (Å²) >= 11 is 0. The van der Waals surface area contributed by atoms with E-state index in [0.29, 0.717) is 11.4 Å². The molecule has 1 aromatic carbocycles. The van der Waals surface area contributed by atoms with Gasteiger partial charge in [-0.3, -0.25) is 0 Å². The van der Waals surface area contributed by atoms with E-state index in [1.165, 1.54) is 0 Å². The van der Waals surface area contributed by atoms with Crippen LogP contribution in [0.1, 0.15) is 27.7 Å². The maximum absolute atomic E-state index is 12.1. The van der Waals surface area contributed by atoms with Gasteiger partial charge in [0, 0.05) is 12.4 Å². The maximum atomic E-state index is 12.1. The summed E-state index contributed by atoms with van der Waals surface area (Å²) in [5.74, 6) is -3.35.